The van der Waals surface area contributed by atoms with E-state index in [0.29, 0.717) is 6.42 Å². The van der Waals surface area contributed by atoms with Crippen LogP contribution in [0.2, 0.25) is 5.02 Å². The van der Waals surface area contributed by atoms with Gasteiger partial charge in [-0.15, -0.1) is 5.10 Å². The van der Waals surface area contributed by atoms with Crippen molar-refractivity contribution < 1.29 is 8.42 Å². The molecule has 0 amide bonds. The molecule has 2 heterocycles. The molecule has 0 atom stereocenters. The van der Waals surface area contributed by atoms with Gasteiger partial charge in [0.25, 0.3) is 5.56 Å². The Morgan fingerprint density at radius 3 is 2.80 bits per heavy atom. The molecule has 0 radical (unpaired) electrons. The van der Waals surface area contributed by atoms with Crippen LogP contribution in [0, 0.1) is 0 Å². The summed E-state index contributed by atoms with van der Waals surface area (Å²) in [6.07, 6.45) is 4.83. The van der Waals surface area contributed by atoms with Gasteiger partial charge in [-0.05, 0) is 6.42 Å². The molecule has 110 valence electrons. The highest BCUT2D eigenvalue weighted by Crippen LogP contribution is 2.20. The van der Waals surface area contributed by atoms with Gasteiger partial charge in [0.1, 0.15) is 5.02 Å². The molecule has 0 N–H and O–H groups in total. The molecule has 0 aliphatic carbocycles. The highest BCUT2D eigenvalue weighted by molar-refractivity contribution is 7.93. The van der Waals surface area contributed by atoms with E-state index in [2.05, 4.69) is 17.0 Å². The second kappa shape index (κ2) is 6.19. The van der Waals surface area contributed by atoms with Gasteiger partial charge in [0.2, 0.25) is 19.1 Å². The minimum absolute atomic E-state index is 0.0248. The van der Waals surface area contributed by atoms with Crippen molar-refractivity contribution in [3.63, 3.8) is 0 Å². The van der Waals surface area contributed by atoms with Gasteiger partial charge >= 0.3 is 0 Å². The Morgan fingerprint density at radius 2 is 2.10 bits per heavy atom. The van der Waals surface area contributed by atoms with Crippen LogP contribution in [0.15, 0.2) is 15.3 Å². The van der Waals surface area contributed by atoms with E-state index in [4.69, 9.17) is 11.6 Å². The van der Waals surface area contributed by atoms with Crippen LogP contribution in [-0.4, -0.2) is 28.8 Å². The Kier molecular flexibility index (Phi) is 4.77. The first-order valence-corrected chi connectivity index (χ1v) is 9.07. The molecule has 0 saturated heterocycles. The topological polar surface area (TPSA) is 81.4 Å². The first-order valence-electron chi connectivity index (χ1n) is 6.23. The van der Waals surface area contributed by atoms with Gasteiger partial charge in [-0.1, -0.05) is 49.1 Å². The lowest BCUT2D eigenvalue weighted by atomic mass is 10.2. The summed E-state index contributed by atoms with van der Waals surface area (Å²) in [5, 5.41) is 3.86. The number of nitrogens with zero attached hydrogens (tertiary/aromatic N) is 3. The van der Waals surface area contributed by atoms with E-state index >= 15 is 0 Å². The monoisotopic (exact) mass is 335 g/mol. The predicted molar refractivity (Wildman–Crippen MR) is 78.3 cm³/mol. The normalized spacial score (nSPS) is 12.1. The molecule has 0 bridgehead atoms. The van der Waals surface area contributed by atoms with Crippen molar-refractivity contribution in [1.82, 2.24) is 14.6 Å². The lowest BCUT2D eigenvalue weighted by molar-refractivity contribution is 0.586. The fraction of sp³-hybridized carbons (Fsp3) is 0.545. The molecule has 6 nitrogen and oxygen atoms in total. The third kappa shape index (κ3) is 3.36. The van der Waals surface area contributed by atoms with Crippen LogP contribution < -0.4 is 5.56 Å². The number of sulfone groups is 1. The summed E-state index contributed by atoms with van der Waals surface area (Å²) in [7, 11) is -3.43. The molecule has 0 aliphatic heterocycles. The van der Waals surface area contributed by atoms with E-state index in [9.17, 15) is 13.2 Å². The minimum atomic E-state index is -3.43. The van der Waals surface area contributed by atoms with Gasteiger partial charge in [0.15, 0.2) is 0 Å². The zero-order valence-electron chi connectivity index (χ0n) is 10.9. The number of hydrogen-bond acceptors (Lipinski definition) is 6. The summed E-state index contributed by atoms with van der Waals surface area (Å²) in [6, 6.07) is 0. The van der Waals surface area contributed by atoms with Gasteiger partial charge in [0.05, 0.1) is 11.9 Å². The van der Waals surface area contributed by atoms with Crippen molar-refractivity contribution in [2.45, 2.75) is 36.9 Å². The molecular formula is C11H14ClN3O3S2. The molecule has 2 rings (SSSR count). The standard InChI is InChI=1S/C11H14ClN3O3S2/c1-2-3-4-5-6-20(17,18)11-14-15-7-8(12)9(16)13-10(15)19-11/h7H,2-6H2,1H3. The average molecular weight is 336 g/mol. The summed E-state index contributed by atoms with van der Waals surface area (Å²) in [4.78, 5) is 15.2. The van der Waals surface area contributed by atoms with Crippen LogP contribution in [0.5, 0.6) is 0 Å². The van der Waals surface area contributed by atoms with Crippen LogP contribution >= 0.6 is 22.9 Å². The first kappa shape index (κ1) is 15.4. The van der Waals surface area contributed by atoms with Crippen molar-refractivity contribution in [2.75, 3.05) is 5.75 Å². The maximum absolute atomic E-state index is 12.1. The quantitative estimate of drug-likeness (QED) is 0.755. The van der Waals surface area contributed by atoms with E-state index in [1.54, 1.807) is 0 Å². The lowest BCUT2D eigenvalue weighted by Crippen LogP contribution is -2.09. The molecule has 0 aromatic carbocycles. The zero-order chi connectivity index (χ0) is 14.8. The summed E-state index contributed by atoms with van der Waals surface area (Å²) < 4.78 is 25.5. The molecule has 20 heavy (non-hydrogen) atoms. The number of fused-ring (bicyclic) bond motifs is 1. The van der Waals surface area contributed by atoms with Crippen molar-refractivity contribution >= 4 is 37.7 Å². The first-order chi connectivity index (χ1) is 9.44. The largest absolute Gasteiger partial charge is 0.292 e. The van der Waals surface area contributed by atoms with Gasteiger partial charge in [-0.2, -0.15) is 4.98 Å². The number of rotatable bonds is 6. The van der Waals surface area contributed by atoms with E-state index < -0.39 is 15.4 Å². The fourth-order valence-corrected chi connectivity index (χ4v) is 4.36. The highest BCUT2D eigenvalue weighted by atomic mass is 35.5. The lowest BCUT2D eigenvalue weighted by Gasteiger charge is -1.99. The van der Waals surface area contributed by atoms with E-state index in [0.717, 1.165) is 30.6 Å². The number of hydrogen-bond donors (Lipinski definition) is 0. The van der Waals surface area contributed by atoms with E-state index in [1.807, 2.05) is 0 Å². The Hall–Kier alpha value is -0.990. The van der Waals surface area contributed by atoms with Crippen LogP contribution in [-0.2, 0) is 9.84 Å². The predicted octanol–water partition coefficient (Wildman–Crippen LogP) is 2.16. The van der Waals surface area contributed by atoms with Crippen molar-refractivity contribution in [2.24, 2.45) is 0 Å². The van der Waals surface area contributed by atoms with Crippen LogP contribution in [0.4, 0.5) is 0 Å². The molecule has 0 aliphatic rings. The molecule has 0 fully saturated rings. The maximum Gasteiger partial charge on any atom is 0.292 e. The van der Waals surface area contributed by atoms with Crippen LogP contribution in [0.1, 0.15) is 32.6 Å². The summed E-state index contributed by atoms with van der Waals surface area (Å²) >= 11 is 6.53. The SMILES string of the molecule is CCCCCCS(=O)(=O)c1nn2cc(Cl)c(=O)nc2s1. The molecule has 2 aromatic rings. The summed E-state index contributed by atoms with van der Waals surface area (Å²) in [6.45, 7) is 2.06. The Balaban J connectivity index is 2.26. The van der Waals surface area contributed by atoms with Gasteiger partial charge < -0.3 is 0 Å². The van der Waals surface area contributed by atoms with E-state index in [1.165, 1.54) is 10.7 Å². The van der Waals surface area contributed by atoms with Gasteiger partial charge in [-0.3, -0.25) is 4.79 Å². The molecule has 9 heteroatoms. The Labute approximate surface area is 125 Å². The fourth-order valence-electron chi connectivity index (χ4n) is 1.67. The smallest absolute Gasteiger partial charge is 0.266 e. The Bertz CT molecular complexity index is 767. The molecule has 0 saturated carbocycles. The minimum Gasteiger partial charge on any atom is -0.266 e. The van der Waals surface area contributed by atoms with Crippen LogP contribution in [0.3, 0.4) is 0 Å². The maximum atomic E-state index is 12.1. The molecule has 0 unspecified atom stereocenters. The molecule has 2 aromatic heterocycles. The number of unbranched alkanes of at least 4 members (excludes halogenated alkanes) is 3. The summed E-state index contributed by atoms with van der Waals surface area (Å²) in [5.74, 6) is 0.0609. The van der Waals surface area contributed by atoms with E-state index in [-0.39, 0.29) is 20.1 Å². The molecule has 0 spiro atoms. The second-order valence-corrected chi connectivity index (χ2v) is 8.01. The third-order valence-electron chi connectivity index (χ3n) is 2.73. The van der Waals surface area contributed by atoms with Crippen LogP contribution in [0.25, 0.3) is 4.96 Å². The van der Waals surface area contributed by atoms with Crippen molar-refractivity contribution in [3.05, 3.63) is 21.6 Å². The summed E-state index contributed by atoms with van der Waals surface area (Å²) in [5.41, 5.74) is -0.581. The zero-order valence-corrected chi connectivity index (χ0v) is 13.3. The molecular weight excluding hydrogens is 322 g/mol. The van der Waals surface area contributed by atoms with Crippen molar-refractivity contribution in [3.8, 4) is 0 Å². The second-order valence-electron chi connectivity index (χ2n) is 4.37. The Morgan fingerprint density at radius 1 is 1.35 bits per heavy atom. The van der Waals surface area contributed by atoms with Gasteiger partial charge in [-0.25, -0.2) is 12.9 Å². The highest BCUT2D eigenvalue weighted by Gasteiger charge is 2.20. The van der Waals surface area contributed by atoms with Gasteiger partial charge in [0, 0.05) is 0 Å². The number of aromatic nitrogens is 3. The average Bonchev–Trinajstić information content (AvgIpc) is 2.79. The third-order valence-corrected chi connectivity index (χ3v) is 6.16. The number of halogens is 1. The van der Waals surface area contributed by atoms with Crippen molar-refractivity contribution in [1.29, 1.82) is 0 Å².